The molecule has 2 nitrogen and oxygen atoms in total. The molecule has 1 rings (SSSR count). The Morgan fingerprint density at radius 2 is 2.42 bits per heavy atom. The minimum Gasteiger partial charge on any atom is -0.469 e. The molecule has 0 atom stereocenters. The summed E-state index contributed by atoms with van der Waals surface area (Å²) < 4.78 is 4.59. The largest absolute Gasteiger partial charge is 0.469 e. The Hall–Kier alpha value is -1.05. The summed E-state index contributed by atoms with van der Waals surface area (Å²) in [6.45, 7) is 2.07. The SMILES string of the molecule is COC(=O)CC1=C(C)CCC=C1. The molecule has 0 bridgehead atoms. The fourth-order valence-electron chi connectivity index (χ4n) is 1.27. The first kappa shape index (κ1) is 9.04. The van der Waals surface area contributed by atoms with Gasteiger partial charge in [0.05, 0.1) is 13.5 Å². The summed E-state index contributed by atoms with van der Waals surface area (Å²) >= 11 is 0. The van der Waals surface area contributed by atoms with Crippen molar-refractivity contribution in [1.82, 2.24) is 0 Å². The summed E-state index contributed by atoms with van der Waals surface area (Å²) in [5, 5.41) is 0. The van der Waals surface area contributed by atoms with Gasteiger partial charge in [0.1, 0.15) is 0 Å². The zero-order valence-electron chi connectivity index (χ0n) is 7.59. The molecule has 0 saturated heterocycles. The third-order valence-electron chi connectivity index (χ3n) is 2.12. The van der Waals surface area contributed by atoms with Crippen LogP contribution < -0.4 is 0 Å². The van der Waals surface area contributed by atoms with Gasteiger partial charge in [-0.3, -0.25) is 4.79 Å². The van der Waals surface area contributed by atoms with E-state index in [4.69, 9.17) is 0 Å². The molecule has 0 aliphatic heterocycles. The normalized spacial score (nSPS) is 16.5. The van der Waals surface area contributed by atoms with Gasteiger partial charge in [-0.25, -0.2) is 0 Å². The molecule has 66 valence electrons. The molecule has 0 aromatic carbocycles. The second-order valence-corrected chi connectivity index (χ2v) is 3.00. The van der Waals surface area contributed by atoms with Crippen molar-refractivity contribution in [3.63, 3.8) is 0 Å². The molecule has 2 heteroatoms. The molecule has 0 spiro atoms. The lowest BCUT2D eigenvalue weighted by molar-refractivity contribution is -0.139. The van der Waals surface area contributed by atoms with E-state index in [2.05, 4.69) is 17.7 Å². The van der Waals surface area contributed by atoms with Crippen molar-refractivity contribution in [3.05, 3.63) is 23.3 Å². The highest BCUT2D eigenvalue weighted by atomic mass is 16.5. The van der Waals surface area contributed by atoms with E-state index in [0.29, 0.717) is 6.42 Å². The molecular formula is C10H14O2. The minimum atomic E-state index is -0.157. The van der Waals surface area contributed by atoms with Crippen LogP contribution in [0.1, 0.15) is 26.2 Å². The standard InChI is InChI=1S/C10H14O2/c1-8-5-3-4-6-9(8)7-10(11)12-2/h4,6H,3,5,7H2,1-2H3. The van der Waals surface area contributed by atoms with Crippen LogP contribution in [0.2, 0.25) is 0 Å². The highest BCUT2D eigenvalue weighted by molar-refractivity contribution is 5.73. The molecule has 0 aromatic heterocycles. The fourth-order valence-corrected chi connectivity index (χ4v) is 1.27. The summed E-state index contributed by atoms with van der Waals surface area (Å²) in [4.78, 5) is 10.9. The van der Waals surface area contributed by atoms with Crippen LogP contribution in [-0.2, 0) is 9.53 Å². The number of methoxy groups -OCH3 is 1. The first-order valence-corrected chi connectivity index (χ1v) is 4.16. The number of allylic oxidation sites excluding steroid dienone is 3. The molecule has 0 saturated carbocycles. The van der Waals surface area contributed by atoms with Crippen LogP contribution in [0.5, 0.6) is 0 Å². The van der Waals surface area contributed by atoms with Crippen molar-refractivity contribution in [2.45, 2.75) is 26.2 Å². The number of carbonyl (C=O) groups is 1. The van der Waals surface area contributed by atoms with E-state index in [9.17, 15) is 4.79 Å². The lowest BCUT2D eigenvalue weighted by Gasteiger charge is -2.10. The Morgan fingerprint density at radius 3 is 3.00 bits per heavy atom. The molecule has 1 aliphatic carbocycles. The zero-order valence-corrected chi connectivity index (χ0v) is 7.59. The van der Waals surface area contributed by atoms with Crippen LogP contribution in [0.4, 0.5) is 0 Å². The summed E-state index contributed by atoms with van der Waals surface area (Å²) in [5.41, 5.74) is 2.43. The van der Waals surface area contributed by atoms with Gasteiger partial charge in [0.15, 0.2) is 0 Å². The maximum absolute atomic E-state index is 10.9. The van der Waals surface area contributed by atoms with Crippen LogP contribution in [0, 0.1) is 0 Å². The number of ether oxygens (including phenoxy) is 1. The van der Waals surface area contributed by atoms with Gasteiger partial charge in [-0.05, 0) is 25.3 Å². The molecule has 0 N–H and O–H groups in total. The molecule has 0 unspecified atom stereocenters. The second kappa shape index (κ2) is 4.10. The number of hydrogen-bond donors (Lipinski definition) is 0. The van der Waals surface area contributed by atoms with E-state index in [1.165, 1.54) is 12.7 Å². The number of carbonyl (C=O) groups excluding carboxylic acids is 1. The summed E-state index contributed by atoms with van der Waals surface area (Å²) in [7, 11) is 1.42. The van der Waals surface area contributed by atoms with Crippen molar-refractivity contribution in [2.75, 3.05) is 7.11 Å². The van der Waals surface area contributed by atoms with Gasteiger partial charge in [-0.15, -0.1) is 0 Å². The highest BCUT2D eigenvalue weighted by Gasteiger charge is 2.08. The van der Waals surface area contributed by atoms with Gasteiger partial charge in [-0.2, -0.15) is 0 Å². The molecule has 1 aliphatic rings. The van der Waals surface area contributed by atoms with E-state index in [-0.39, 0.29) is 5.97 Å². The van der Waals surface area contributed by atoms with E-state index < -0.39 is 0 Å². The first-order chi connectivity index (χ1) is 5.74. The Kier molecular flexibility index (Phi) is 3.09. The maximum Gasteiger partial charge on any atom is 0.309 e. The van der Waals surface area contributed by atoms with Gasteiger partial charge in [0.25, 0.3) is 0 Å². The van der Waals surface area contributed by atoms with Crippen LogP contribution >= 0.6 is 0 Å². The van der Waals surface area contributed by atoms with Crippen LogP contribution in [-0.4, -0.2) is 13.1 Å². The summed E-state index contributed by atoms with van der Waals surface area (Å²) in [6, 6.07) is 0. The predicted molar refractivity (Wildman–Crippen MR) is 47.7 cm³/mol. The second-order valence-electron chi connectivity index (χ2n) is 3.00. The van der Waals surface area contributed by atoms with Crippen LogP contribution in [0.15, 0.2) is 23.3 Å². The van der Waals surface area contributed by atoms with Crippen molar-refractivity contribution in [2.24, 2.45) is 0 Å². The van der Waals surface area contributed by atoms with E-state index in [0.717, 1.165) is 18.4 Å². The van der Waals surface area contributed by atoms with Gasteiger partial charge in [-0.1, -0.05) is 17.7 Å². The molecule has 0 heterocycles. The van der Waals surface area contributed by atoms with Crippen molar-refractivity contribution >= 4 is 5.97 Å². The van der Waals surface area contributed by atoms with Crippen molar-refractivity contribution < 1.29 is 9.53 Å². The average Bonchev–Trinajstić information content (AvgIpc) is 2.09. The summed E-state index contributed by atoms with van der Waals surface area (Å²) in [6.07, 6.45) is 6.71. The monoisotopic (exact) mass is 166 g/mol. The smallest absolute Gasteiger partial charge is 0.309 e. The number of rotatable bonds is 2. The topological polar surface area (TPSA) is 26.3 Å². The quantitative estimate of drug-likeness (QED) is 0.588. The third kappa shape index (κ3) is 2.22. The van der Waals surface area contributed by atoms with E-state index in [1.54, 1.807) is 0 Å². The van der Waals surface area contributed by atoms with Crippen LogP contribution in [0.3, 0.4) is 0 Å². The Bertz CT molecular complexity index is 236. The molecule has 0 aromatic rings. The molecular weight excluding hydrogens is 152 g/mol. The average molecular weight is 166 g/mol. The molecule has 0 amide bonds. The van der Waals surface area contributed by atoms with Crippen molar-refractivity contribution in [1.29, 1.82) is 0 Å². The number of esters is 1. The first-order valence-electron chi connectivity index (χ1n) is 4.16. The van der Waals surface area contributed by atoms with E-state index >= 15 is 0 Å². The Balaban J connectivity index is 2.61. The van der Waals surface area contributed by atoms with Gasteiger partial charge >= 0.3 is 5.97 Å². The summed E-state index contributed by atoms with van der Waals surface area (Å²) in [5.74, 6) is -0.157. The third-order valence-corrected chi connectivity index (χ3v) is 2.12. The van der Waals surface area contributed by atoms with E-state index in [1.807, 2.05) is 6.08 Å². The number of hydrogen-bond acceptors (Lipinski definition) is 2. The predicted octanol–water partition coefficient (Wildman–Crippen LogP) is 2.22. The molecule has 0 fully saturated rings. The Morgan fingerprint density at radius 1 is 1.67 bits per heavy atom. The Labute approximate surface area is 72.9 Å². The van der Waals surface area contributed by atoms with Crippen molar-refractivity contribution in [3.8, 4) is 0 Å². The van der Waals surface area contributed by atoms with Gasteiger partial charge in [0.2, 0.25) is 0 Å². The molecule has 0 radical (unpaired) electrons. The molecule has 12 heavy (non-hydrogen) atoms. The minimum absolute atomic E-state index is 0.157. The maximum atomic E-state index is 10.9. The van der Waals surface area contributed by atoms with Gasteiger partial charge in [0, 0.05) is 0 Å². The van der Waals surface area contributed by atoms with Gasteiger partial charge < -0.3 is 4.74 Å². The highest BCUT2D eigenvalue weighted by Crippen LogP contribution is 2.20. The zero-order chi connectivity index (χ0) is 8.97. The lowest BCUT2D eigenvalue weighted by Crippen LogP contribution is -2.03. The van der Waals surface area contributed by atoms with Crippen LogP contribution in [0.25, 0.3) is 0 Å². The lowest BCUT2D eigenvalue weighted by atomic mass is 9.97. The fraction of sp³-hybridized carbons (Fsp3) is 0.500.